The smallest absolute Gasteiger partial charge is 0.251 e. The van der Waals surface area contributed by atoms with Crippen molar-refractivity contribution in [2.45, 2.75) is 26.7 Å². The first-order chi connectivity index (χ1) is 7.69. The second kappa shape index (κ2) is 6.10. The molecule has 1 aromatic heterocycles. The maximum Gasteiger partial charge on any atom is 0.251 e. The Bertz CT molecular complexity index is 368. The summed E-state index contributed by atoms with van der Waals surface area (Å²) in [5.74, 6) is 0.716. The van der Waals surface area contributed by atoms with Crippen LogP contribution in [0.1, 0.15) is 26.7 Å². The molecule has 0 aromatic carbocycles. The van der Waals surface area contributed by atoms with Crippen molar-refractivity contribution in [1.82, 2.24) is 9.78 Å². The van der Waals surface area contributed by atoms with Crippen molar-refractivity contribution < 1.29 is 4.79 Å². The Morgan fingerprint density at radius 2 is 2.38 bits per heavy atom. The fourth-order valence-electron chi connectivity index (χ4n) is 1.43. The average molecular weight is 221 g/mol. The highest BCUT2D eigenvalue weighted by Crippen LogP contribution is 2.12. The van der Waals surface area contributed by atoms with Crippen LogP contribution in [0.5, 0.6) is 0 Å². The summed E-state index contributed by atoms with van der Waals surface area (Å²) in [4.78, 5) is 13.6. The highest BCUT2D eigenvalue weighted by Gasteiger charge is 2.14. The molecule has 4 heteroatoms. The molecule has 0 bridgehead atoms. The lowest BCUT2D eigenvalue weighted by molar-refractivity contribution is -0.114. The summed E-state index contributed by atoms with van der Waals surface area (Å²) in [6.07, 6.45) is 7.22. The number of hydrogen-bond donors (Lipinski definition) is 0. The molecule has 0 saturated heterocycles. The van der Waals surface area contributed by atoms with E-state index in [0.717, 1.165) is 25.2 Å². The van der Waals surface area contributed by atoms with Crippen LogP contribution in [0.4, 0.5) is 5.82 Å². The molecule has 0 saturated carbocycles. The van der Waals surface area contributed by atoms with Gasteiger partial charge in [0.05, 0.1) is 0 Å². The largest absolute Gasteiger partial charge is 0.292 e. The van der Waals surface area contributed by atoms with E-state index in [4.69, 9.17) is 0 Å². The molecule has 0 spiro atoms. The normalized spacial score (nSPS) is 10.9. The van der Waals surface area contributed by atoms with Gasteiger partial charge < -0.3 is 0 Å². The van der Waals surface area contributed by atoms with Crippen LogP contribution in [0, 0.1) is 0 Å². The lowest BCUT2D eigenvalue weighted by atomic mass is 10.3. The summed E-state index contributed by atoms with van der Waals surface area (Å²) >= 11 is 0. The van der Waals surface area contributed by atoms with Crippen LogP contribution >= 0.6 is 0 Å². The van der Waals surface area contributed by atoms with Crippen LogP contribution in [-0.4, -0.2) is 22.2 Å². The Balaban J connectivity index is 2.82. The Kier molecular flexibility index (Phi) is 4.76. The molecule has 4 nitrogen and oxygen atoms in total. The highest BCUT2D eigenvalue weighted by atomic mass is 16.2. The maximum absolute atomic E-state index is 11.8. The van der Waals surface area contributed by atoms with Gasteiger partial charge in [-0.15, -0.1) is 0 Å². The quantitative estimate of drug-likeness (QED) is 0.714. The molecule has 16 heavy (non-hydrogen) atoms. The van der Waals surface area contributed by atoms with Gasteiger partial charge in [0.2, 0.25) is 0 Å². The van der Waals surface area contributed by atoms with Gasteiger partial charge in [-0.25, -0.2) is 0 Å². The van der Waals surface area contributed by atoms with Gasteiger partial charge in [-0.2, -0.15) is 5.10 Å². The molecule has 0 aliphatic rings. The van der Waals surface area contributed by atoms with E-state index in [1.807, 2.05) is 26.2 Å². The zero-order valence-corrected chi connectivity index (χ0v) is 10.2. The number of hydrogen-bond acceptors (Lipinski definition) is 2. The highest BCUT2D eigenvalue weighted by molar-refractivity contribution is 6.00. The zero-order valence-electron chi connectivity index (χ0n) is 10.2. The summed E-state index contributed by atoms with van der Waals surface area (Å²) in [5.41, 5.74) is 0. The average Bonchev–Trinajstić information content (AvgIpc) is 2.66. The van der Waals surface area contributed by atoms with E-state index in [0.29, 0.717) is 0 Å². The van der Waals surface area contributed by atoms with Crippen molar-refractivity contribution in [2.24, 2.45) is 7.05 Å². The van der Waals surface area contributed by atoms with E-state index < -0.39 is 0 Å². The summed E-state index contributed by atoms with van der Waals surface area (Å²) in [6, 6.07) is 1.86. The first-order valence-corrected chi connectivity index (χ1v) is 5.63. The van der Waals surface area contributed by atoms with E-state index >= 15 is 0 Å². The van der Waals surface area contributed by atoms with Gasteiger partial charge in [0.25, 0.3) is 5.91 Å². The van der Waals surface area contributed by atoms with Gasteiger partial charge >= 0.3 is 0 Å². The maximum atomic E-state index is 11.8. The Morgan fingerprint density at radius 3 is 2.88 bits per heavy atom. The molecular weight excluding hydrogens is 202 g/mol. The number of unbranched alkanes of at least 4 members (excludes halogenated alkanes) is 1. The minimum Gasteiger partial charge on any atom is -0.292 e. The van der Waals surface area contributed by atoms with Crippen LogP contribution in [0.3, 0.4) is 0 Å². The molecule has 1 heterocycles. The number of carbonyl (C=O) groups is 1. The number of aryl methyl sites for hydroxylation is 1. The summed E-state index contributed by atoms with van der Waals surface area (Å²) < 4.78 is 1.71. The lowest BCUT2D eigenvalue weighted by Gasteiger charge is -2.17. The standard InChI is InChI=1S/C12H19N3O/c1-4-6-9-15(12(16)7-5-2)11-8-10-14(3)13-11/h5,7-8,10H,4,6,9H2,1-3H3/b7-5+. The Hall–Kier alpha value is -1.58. The first-order valence-electron chi connectivity index (χ1n) is 5.63. The molecule has 88 valence electrons. The van der Waals surface area contributed by atoms with Crippen molar-refractivity contribution in [3.8, 4) is 0 Å². The molecule has 0 radical (unpaired) electrons. The van der Waals surface area contributed by atoms with Gasteiger partial charge in [0.15, 0.2) is 5.82 Å². The number of allylic oxidation sites excluding steroid dienone is 1. The van der Waals surface area contributed by atoms with Gasteiger partial charge in [-0.05, 0) is 19.4 Å². The van der Waals surface area contributed by atoms with Crippen LogP contribution < -0.4 is 4.90 Å². The number of rotatable bonds is 5. The first kappa shape index (κ1) is 12.5. The number of nitrogens with zero attached hydrogens (tertiary/aromatic N) is 3. The second-order valence-electron chi connectivity index (χ2n) is 3.69. The monoisotopic (exact) mass is 221 g/mol. The molecule has 0 aliphatic heterocycles. The Labute approximate surface area is 96.6 Å². The van der Waals surface area contributed by atoms with E-state index in [2.05, 4.69) is 12.0 Å². The third kappa shape index (κ3) is 3.22. The van der Waals surface area contributed by atoms with E-state index in [1.54, 1.807) is 21.7 Å². The molecule has 1 rings (SSSR count). The van der Waals surface area contributed by atoms with Crippen molar-refractivity contribution >= 4 is 11.7 Å². The third-order valence-corrected chi connectivity index (χ3v) is 2.29. The van der Waals surface area contributed by atoms with Crippen molar-refractivity contribution in [3.05, 3.63) is 24.4 Å². The van der Waals surface area contributed by atoms with Crippen molar-refractivity contribution in [1.29, 1.82) is 0 Å². The summed E-state index contributed by atoms with van der Waals surface area (Å²) in [7, 11) is 1.85. The third-order valence-electron chi connectivity index (χ3n) is 2.29. The number of amides is 1. The zero-order chi connectivity index (χ0) is 12.0. The molecule has 1 amide bonds. The summed E-state index contributed by atoms with van der Waals surface area (Å²) in [5, 5.41) is 4.26. The minimum atomic E-state index is -0.00495. The SMILES string of the molecule is C/C=C/C(=O)N(CCCC)c1ccn(C)n1. The topological polar surface area (TPSA) is 38.1 Å². The van der Waals surface area contributed by atoms with Gasteiger partial charge in [0.1, 0.15) is 0 Å². The molecular formula is C12H19N3O. The molecule has 0 N–H and O–H groups in total. The molecule has 0 atom stereocenters. The fourth-order valence-corrected chi connectivity index (χ4v) is 1.43. The number of aromatic nitrogens is 2. The predicted molar refractivity (Wildman–Crippen MR) is 65.3 cm³/mol. The van der Waals surface area contributed by atoms with Crippen LogP contribution in [0.2, 0.25) is 0 Å². The summed E-state index contributed by atoms with van der Waals surface area (Å²) in [6.45, 7) is 4.67. The Morgan fingerprint density at radius 1 is 1.62 bits per heavy atom. The number of anilines is 1. The molecule has 0 aliphatic carbocycles. The van der Waals surface area contributed by atoms with E-state index in [1.165, 1.54) is 0 Å². The van der Waals surface area contributed by atoms with Crippen molar-refractivity contribution in [2.75, 3.05) is 11.4 Å². The lowest BCUT2D eigenvalue weighted by Crippen LogP contribution is -2.30. The van der Waals surface area contributed by atoms with Gasteiger partial charge in [0, 0.05) is 25.9 Å². The fraction of sp³-hybridized carbons (Fsp3) is 0.500. The van der Waals surface area contributed by atoms with Crippen LogP contribution in [-0.2, 0) is 11.8 Å². The predicted octanol–water partition coefficient (Wildman–Crippen LogP) is 2.13. The minimum absolute atomic E-state index is 0.00495. The van der Waals surface area contributed by atoms with E-state index in [-0.39, 0.29) is 5.91 Å². The second-order valence-corrected chi connectivity index (χ2v) is 3.69. The van der Waals surface area contributed by atoms with Crippen molar-refractivity contribution in [3.63, 3.8) is 0 Å². The van der Waals surface area contributed by atoms with E-state index in [9.17, 15) is 4.79 Å². The van der Waals surface area contributed by atoms with Gasteiger partial charge in [-0.1, -0.05) is 19.4 Å². The molecule has 0 unspecified atom stereocenters. The van der Waals surface area contributed by atoms with Crippen LogP contribution in [0.25, 0.3) is 0 Å². The van der Waals surface area contributed by atoms with Gasteiger partial charge in [-0.3, -0.25) is 14.4 Å². The molecule has 1 aromatic rings. The number of carbonyl (C=O) groups excluding carboxylic acids is 1. The molecule has 0 fully saturated rings. The van der Waals surface area contributed by atoms with Crippen LogP contribution in [0.15, 0.2) is 24.4 Å².